The van der Waals surface area contributed by atoms with Gasteiger partial charge in [-0.25, -0.2) is 13.1 Å². The van der Waals surface area contributed by atoms with E-state index in [0.717, 1.165) is 12.0 Å². The van der Waals surface area contributed by atoms with E-state index in [9.17, 15) is 13.2 Å². The Morgan fingerprint density at radius 1 is 1.13 bits per heavy atom. The van der Waals surface area contributed by atoms with Crippen molar-refractivity contribution in [2.45, 2.75) is 18.2 Å². The molecule has 120 valence electrons. The third-order valence-corrected chi connectivity index (χ3v) is 6.73. The van der Waals surface area contributed by atoms with Crippen LogP contribution in [-0.4, -0.2) is 20.7 Å². The lowest BCUT2D eigenvalue weighted by atomic mass is 9.85. The molecule has 0 radical (unpaired) electrons. The monoisotopic (exact) mass is 329 g/mol. The van der Waals surface area contributed by atoms with Gasteiger partial charge in [-0.05, 0) is 43.2 Å². The summed E-state index contributed by atoms with van der Waals surface area (Å²) in [6, 6.07) is 6.70. The van der Waals surface area contributed by atoms with E-state index >= 15 is 0 Å². The standard InChI is InChI=1S/C18H19NO3S/c1-11-2-6-15(7-3-11)23(21,22)19-10-14-9-16-12-4-5-13(8-12)17(16)18(14)20/h2-7,9,12-13,16-17,19H,8,10H2,1H3/t12-,13+,16?,17?/m1/s1. The average Bonchev–Trinajstić information content (AvgIpc) is 3.19. The molecule has 0 spiro atoms. The topological polar surface area (TPSA) is 63.2 Å². The van der Waals surface area contributed by atoms with Gasteiger partial charge in [0, 0.05) is 18.0 Å². The Labute approximate surface area is 136 Å². The maximum Gasteiger partial charge on any atom is 0.240 e. The van der Waals surface area contributed by atoms with Crippen molar-refractivity contribution in [3.63, 3.8) is 0 Å². The first-order valence-electron chi connectivity index (χ1n) is 7.95. The van der Waals surface area contributed by atoms with Crippen LogP contribution in [0.4, 0.5) is 0 Å². The molecule has 4 atom stereocenters. The number of sulfonamides is 1. The van der Waals surface area contributed by atoms with Gasteiger partial charge in [0.05, 0.1) is 4.90 Å². The van der Waals surface area contributed by atoms with Crippen LogP contribution in [0.15, 0.2) is 53.0 Å². The summed E-state index contributed by atoms with van der Waals surface area (Å²) in [6.07, 6.45) is 7.42. The molecule has 23 heavy (non-hydrogen) atoms. The molecule has 3 aliphatic carbocycles. The van der Waals surface area contributed by atoms with Gasteiger partial charge in [-0.1, -0.05) is 35.9 Å². The fraction of sp³-hybridized carbons (Fsp3) is 0.389. The zero-order valence-corrected chi connectivity index (χ0v) is 13.7. The summed E-state index contributed by atoms with van der Waals surface area (Å²) < 4.78 is 27.2. The van der Waals surface area contributed by atoms with Gasteiger partial charge >= 0.3 is 0 Å². The van der Waals surface area contributed by atoms with Crippen molar-refractivity contribution >= 4 is 15.8 Å². The Morgan fingerprint density at radius 2 is 1.83 bits per heavy atom. The number of hydrogen-bond donors (Lipinski definition) is 1. The molecule has 3 aliphatic rings. The van der Waals surface area contributed by atoms with Gasteiger partial charge in [0.2, 0.25) is 10.0 Å². The Kier molecular flexibility index (Phi) is 3.32. The lowest BCUT2D eigenvalue weighted by Crippen LogP contribution is -2.29. The number of rotatable bonds is 4. The SMILES string of the molecule is Cc1ccc(S(=O)(=O)NCC2=CC3C(C2=O)[C@H]2C=C[C@@H]3C2)cc1. The first-order valence-corrected chi connectivity index (χ1v) is 9.43. The average molecular weight is 329 g/mol. The van der Waals surface area contributed by atoms with E-state index in [2.05, 4.69) is 16.9 Å². The van der Waals surface area contributed by atoms with Gasteiger partial charge in [0.15, 0.2) is 5.78 Å². The second-order valence-electron chi connectivity index (χ2n) is 6.75. The molecule has 0 amide bonds. The Balaban J connectivity index is 1.48. The van der Waals surface area contributed by atoms with E-state index < -0.39 is 10.0 Å². The number of nitrogens with one attached hydrogen (secondary N) is 1. The minimum atomic E-state index is -3.58. The molecule has 5 heteroatoms. The lowest BCUT2D eigenvalue weighted by Gasteiger charge is -2.18. The molecule has 4 nitrogen and oxygen atoms in total. The number of Topliss-reactive ketones (excluding diaryl/α,β-unsaturated/α-hetero) is 1. The summed E-state index contributed by atoms with van der Waals surface area (Å²) in [5.74, 6) is 1.25. The first kappa shape index (κ1) is 14.8. The number of aryl methyl sites for hydroxylation is 1. The number of hydrogen-bond acceptors (Lipinski definition) is 3. The van der Waals surface area contributed by atoms with Crippen molar-refractivity contribution in [3.8, 4) is 0 Å². The molecule has 4 rings (SSSR count). The molecule has 1 aromatic carbocycles. The molecule has 1 aromatic rings. The van der Waals surface area contributed by atoms with Crippen LogP contribution < -0.4 is 4.72 Å². The Morgan fingerprint density at radius 3 is 2.52 bits per heavy atom. The van der Waals surface area contributed by atoms with E-state index in [1.54, 1.807) is 24.3 Å². The van der Waals surface area contributed by atoms with E-state index in [1.807, 2.05) is 13.0 Å². The fourth-order valence-corrected chi connectivity index (χ4v) is 5.11. The summed E-state index contributed by atoms with van der Waals surface area (Å²) in [6.45, 7) is 1.99. The number of benzene rings is 1. The van der Waals surface area contributed by atoms with Crippen molar-refractivity contribution in [2.24, 2.45) is 23.7 Å². The van der Waals surface area contributed by atoms with Crippen LogP contribution >= 0.6 is 0 Å². The summed E-state index contributed by atoms with van der Waals surface area (Å²) in [7, 11) is -3.58. The first-order chi connectivity index (χ1) is 11.0. The maximum absolute atomic E-state index is 12.5. The van der Waals surface area contributed by atoms with Gasteiger partial charge in [0.1, 0.15) is 0 Å². The lowest BCUT2D eigenvalue weighted by molar-refractivity contribution is -0.119. The summed E-state index contributed by atoms with van der Waals surface area (Å²) in [5.41, 5.74) is 1.63. The largest absolute Gasteiger partial charge is 0.294 e. The normalized spacial score (nSPS) is 31.5. The van der Waals surface area contributed by atoms with Crippen LogP contribution in [0.3, 0.4) is 0 Å². The molecule has 2 bridgehead atoms. The molecule has 0 heterocycles. The summed E-state index contributed by atoms with van der Waals surface area (Å²) >= 11 is 0. The second kappa shape index (κ2) is 5.14. The van der Waals surface area contributed by atoms with Crippen molar-refractivity contribution in [2.75, 3.05) is 6.54 Å². The number of fused-ring (bicyclic) bond motifs is 5. The van der Waals surface area contributed by atoms with Crippen molar-refractivity contribution in [1.82, 2.24) is 4.72 Å². The predicted octanol–water partition coefficient (Wildman–Crippen LogP) is 2.22. The molecule has 0 saturated heterocycles. The van der Waals surface area contributed by atoms with E-state index in [4.69, 9.17) is 0 Å². The van der Waals surface area contributed by atoms with Gasteiger partial charge in [0.25, 0.3) is 0 Å². The number of allylic oxidation sites excluding steroid dienone is 3. The van der Waals surface area contributed by atoms with E-state index in [0.29, 0.717) is 17.4 Å². The van der Waals surface area contributed by atoms with Gasteiger partial charge in [-0.15, -0.1) is 0 Å². The molecule has 0 aliphatic heterocycles. The van der Waals surface area contributed by atoms with E-state index in [-0.39, 0.29) is 29.1 Å². The van der Waals surface area contributed by atoms with Crippen molar-refractivity contribution in [3.05, 3.63) is 53.6 Å². The number of carbonyl (C=O) groups excluding carboxylic acids is 1. The van der Waals surface area contributed by atoms with Crippen LogP contribution in [0.2, 0.25) is 0 Å². The number of ketones is 1. The van der Waals surface area contributed by atoms with E-state index in [1.165, 1.54) is 0 Å². The smallest absolute Gasteiger partial charge is 0.240 e. The van der Waals surface area contributed by atoms with Crippen LogP contribution in [0, 0.1) is 30.6 Å². The van der Waals surface area contributed by atoms with Crippen LogP contribution in [0.5, 0.6) is 0 Å². The molecule has 2 unspecified atom stereocenters. The molecular formula is C18H19NO3S. The summed E-state index contributed by atoms with van der Waals surface area (Å²) in [5, 5.41) is 0. The highest BCUT2D eigenvalue weighted by Gasteiger charge is 2.50. The third-order valence-electron chi connectivity index (χ3n) is 5.32. The molecular weight excluding hydrogens is 310 g/mol. The Hall–Kier alpha value is -1.72. The van der Waals surface area contributed by atoms with Crippen molar-refractivity contribution in [1.29, 1.82) is 0 Å². The zero-order chi connectivity index (χ0) is 16.2. The maximum atomic E-state index is 12.5. The highest BCUT2D eigenvalue weighted by molar-refractivity contribution is 7.89. The van der Waals surface area contributed by atoms with Gasteiger partial charge in [-0.2, -0.15) is 0 Å². The van der Waals surface area contributed by atoms with Crippen LogP contribution in [0.1, 0.15) is 12.0 Å². The highest BCUT2D eigenvalue weighted by atomic mass is 32.2. The Bertz CT molecular complexity index is 820. The molecule has 1 saturated carbocycles. The third kappa shape index (κ3) is 2.39. The zero-order valence-electron chi connectivity index (χ0n) is 12.9. The van der Waals surface area contributed by atoms with Gasteiger partial charge in [-0.3, -0.25) is 4.79 Å². The molecule has 1 N–H and O–H groups in total. The van der Waals surface area contributed by atoms with Gasteiger partial charge < -0.3 is 0 Å². The quantitative estimate of drug-likeness (QED) is 0.862. The van der Waals surface area contributed by atoms with Crippen LogP contribution in [-0.2, 0) is 14.8 Å². The second-order valence-corrected chi connectivity index (χ2v) is 8.51. The molecule has 0 aromatic heterocycles. The summed E-state index contributed by atoms with van der Waals surface area (Å²) in [4.78, 5) is 12.8. The highest BCUT2D eigenvalue weighted by Crippen LogP contribution is 2.52. The fourth-order valence-electron chi connectivity index (χ4n) is 4.10. The number of carbonyl (C=O) groups is 1. The van der Waals surface area contributed by atoms with Crippen LogP contribution in [0.25, 0.3) is 0 Å². The minimum Gasteiger partial charge on any atom is -0.294 e. The predicted molar refractivity (Wildman–Crippen MR) is 87.2 cm³/mol. The van der Waals surface area contributed by atoms with Crippen molar-refractivity contribution < 1.29 is 13.2 Å². The molecule has 1 fully saturated rings. The minimum absolute atomic E-state index is 0.0453.